The summed E-state index contributed by atoms with van der Waals surface area (Å²) in [6.45, 7) is 10.4. The minimum absolute atomic E-state index is 0.101. The molecule has 1 heterocycles. The summed E-state index contributed by atoms with van der Waals surface area (Å²) in [7, 11) is 0. The first-order chi connectivity index (χ1) is 12.9. The van der Waals surface area contributed by atoms with Crippen LogP contribution in [0.15, 0.2) is 23.8 Å². The number of hydrogen-bond donors (Lipinski definition) is 1. The van der Waals surface area contributed by atoms with E-state index < -0.39 is 0 Å². The maximum atomic E-state index is 10.8. The molecule has 0 radical (unpaired) electrons. The molecule has 0 amide bonds. The van der Waals surface area contributed by atoms with E-state index in [2.05, 4.69) is 26.5 Å². The van der Waals surface area contributed by atoms with E-state index in [1.165, 1.54) is 19.3 Å². The van der Waals surface area contributed by atoms with E-state index in [9.17, 15) is 5.11 Å². The van der Waals surface area contributed by atoms with Gasteiger partial charge in [-0.15, -0.1) is 6.58 Å². The van der Waals surface area contributed by atoms with Gasteiger partial charge in [-0.1, -0.05) is 31.1 Å². The van der Waals surface area contributed by atoms with E-state index in [1.807, 2.05) is 0 Å². The van der Waals surface area contributed by atoms with Crippen LogP contribution >= 0.6 is 0 Å². The van der Waals surface area contributed by atoms with Crippen molar-refractivity contribution in [3.63, 3.8) is 0 Å². The van der Waals surface area contributed by atoms with Crippen LogP contribution in [-0.4, -0.2) is 30.2 Å². The second kappa shape index (κ2) is 6.18. The van der Waals surface area contributed by atoms with E-state index in [1.54, 1.807) is 11.1 Å². The summed E-state index contributed by atoms with van der Waals surface area (Å²) >= 11 is 0. The normalized spacial score (nSPS) is 48.3. The highest BCUT2D eigenvalue weighted by molar-refractivity contribution is 5.35. The minimum atomic E-state index is -0.313. The lowest BCUT2D eigenvalue weighted by Gasteiger charge is -2.56. The summed E-state index contributed by atoms with van der Waals surface area (Å²) in [5, 5.41) is 10.8. The molecule has 3 nitrogen and oxygen atoms in total. The zero-order chi connectivity index (χ0) is 18.9. The minimum Gasteiger partial charge on any atom is -0.393 e. The van der Waals surface area contributed by atoms with Crippen LogP contribution in [0.3, 0.4) is 0 Å². The van der Waals surface area contributed by atoms with Crippen molar-refractivity contribution >= 4 is 0 Å². The SMILES string of the molecule is C=CC[C@H]1C[C@@]2(C)C(CC[C@@H]2O)C2CC[C@@]3(C)CC4(CCC3=C21)OCCO4. The van der Waals surface area contributed by atoms with E-state index in [-0.39, 0.29) is 22.7 Å². The van der Waals surface area contributed by atoms with Crippen LogP contribution < -0.4 is 0 Å². The van der Waals surface area contributed by atoms with E-state index >= 15 is 0 Å². The molecule has 5 aliphatic rings. The molecule has 0 bridgehead atoms. The Bertz CT molecular complexity index is 661. The number of fused-ring (bicyclic) bond motifs is 4. The Labute approximate surface area is 164 Å². The molecule has 5 rings (SSSR count). The van der Waals surface area contributed by atoms with E-state index in [4.69, 9.17) is 9.47 Å². The highest BCUT2D eigenvalue weighted by Crippen LogP contribution is 2.65. The second-order valence-electron chi connectivity index (χ2n) is 10.6. The van der Waals surface area contributed by atoms with Crippen LogP contribution in [0.2, 0.25) is 0 Å². The van der Waals surface area contributed by atoms with Gasteiger partial charge < -0.3 is 14.6 Å². The van der Waals surface area contributed by atoms with Gasteiger partial charge in [0.1, 0.15) is 0 Å². The molecular weight excluding hydrogens is 336 g/mol. The van der Waals surface area contributed by atoms with Gasteiger partial charge in [0.25, 0.3) is 0 Å². The number of hydrogen-bond acceptors (Lipinski definition) is 3. The van der Waals surface area contributed by atoms with Crippen molar-refractivity contribution in [1.82, 2.24) is 0 Å². The molecule has 27 heavy (non-hydrogen) atoms. The molecule has 0 aromatic rings. The predicted octanol–water partition coefficient (Wildman–Crippen LogP) is 5.00. The van der Waals surface area contributed by atoms with Crippen molar-refractivity contribution in [3.05, 3.63) is 23.8 Å². The van der Waals surface area contributed by atoms with Crippen LogP contribution in [0, 0.1) is 28.6 Å². The van der Waals surface area contributed by atoms with Crippen molar-refractivity contribution in [2.75, 3.05) is 13.2 Å². The monoisotopic (exact) mass is 372 g/mol. The van der Waals surface area contributed by atoms with Crippen LogP contribution in [0.1, 0.15) is 71.6 Å². The number of rotatable bonds is 2. The first-order valence-corrected chi connectivity index (χ1v) is 11.2. The third-order valence-electron chi connectivity index (χ3n) is 9.13. The predicted molar refractivity (Wildman–Crippen MR) is 106 cm³/mol. The zero-order valence-electron chi connectivity index (χ0n) is 17.1. The van der Waals surface area contributed by atoms with Crippen LogP contribution in [-0.2, 0) is 9.47 Å². The molecule has 1 aliphatic heterocycles. The van der Waals surface area contributed by atoms with E-state index in [0.717, 1.165) is 51.7 Å². The van der Waals surface area contributed by atoms with Gasteiger partial charge in [0.2, 0.25) is 0 Å². The molecule has 1 N–H and O–H groups in total. The molecule has 4 fully saturated rings. The third-order valence-corrected chi connectivity index (χ3v) is 9.13. The molecule has 3 saturated carbocycles. The Kier molecular flexibility index (Phi) is 4.21. The molecule has 0 aromatic heterocycles. The fourth-order valence-corrected chi connectivity index (χ4v) is 7.95. The molecule has 1 spiro atoms. The first kappa shape index (κ1) is 18.4. The van der Waals surface area contributed by atoms with Crippen molar-refractivity contribution in [3.8, 4) is 0 Å². The average Bonchev–Trinajstić information content (AvgIpc) is 3.19. The highest BCUT2D eigenvalue weighted by atomic mass is 16.7. The van der Waals surface area contributed by atoms with Gasteiger partial charge in [0.05, 0.1) is 19.3 Å². The Balaban J connectivity index is 1.56. The summed E-state index contributed by atoms with van der Waals surface area (Å²) in [5.41, 5.74) is 3.83. The van der Waals surface area contributed by atoms with Crippen LogP contribution in [0.5, 0.6) is 0 Å². The topological polar surface area (TPSA) is 38.7 Å². The van der Waals surface area contributed by atoms with Crippen LogP contribution in [0.4, 0.5) is 0 Å². The molecule has 150 valence electrons. The summed E-state index contributed by atoms with van der Waals surface area (Å²) in [4.78, 5) is 0. The molecule has 0 aromatic carbocycles. The molecule has 6 atom stereocenters. The summed E-state index contributed by atoms with van der Waals surface area (Å²) in [6, 6.07) is 0. The molecule has 3 heteroatoms. The fourth-order valence-electron chi connectivity index (χ4n) is 7.95. The lowest BCUT2D eigenvalue weighted by molar-refractivity contribution is -0.193. The molecule has 1 saturated heterocycles. The summed E-state index contributed by atoms with van der Waals surface area (Å²) in [6.07, 6.45) is 12.0. The van der Waals surface area contributed by atoms with Gasteiger partial charge in [-0.3, -0.25) is 0 Å². The van der Waals surface area contributed by atoms with Gasteiger partial charge >= 0.3 is 0 Å². The van der Waals surface area contributed by atoms with Gasteiger partial charge in [-0.05, 0) is 73.5 Å². The van der Waals surface area contributed by atoms with Crippen LogP contribution in [0.25, 0.3) is 0 Å². The van der Waals surface area contributed by atoms with Gasteiger partial charge in [-0.25, -0.2) is 0 Å². The highest BCUT2D eigenvalue weighted by Gasteiger charge is 2.59. The Hall–Kier alpha value is -0.640. The first-order valence-electron chi connectivity index (χ1n) is 11.2. The van der Waals surface area contributed by atoms with Gasteiger partial charge in [0, 0.05) is 12.8 Å². The zero-order valence-corrected chi connectivity index (χ0v) is 17.1. The van der Waals surface area contributed by atoms with Gasteiger partial charge in [-0.2, -0.15) is 0 Å². The lowest BCUT2D eigenvalue weighted by atomic mass is 9.50. The van der Waals surface area contributed by atoms with Crippen molar-refractivity contribution < 1.29 is 14.6 Å². The second-order valence-corrected chi connectivity index (χ2v) is 10.6. The lowest BCUT2D eigenvalue weighted by Crippen LogP contribution is -2.50. The van der Waals surface area contributed by atoms with Crippen molar-refractivity contribution in [2.24, 2.45) is 28.6 Å². The fraction of sp³-hybridized carbons (Fsp3) is 0.833. The number of aliphatic hydroxyl groups is 1. The molecular formula is C24H36O3. The average molecular weight is 373 g/mol. The quantitative estimate of drug-likeness (QED) is 0.693. The number of aliphatic hydroxyl groups excluding tert-OH is 1. The Morgan fingerprint density at radius 3 is 2.67 bits per heavy atom. The maximum absolute atomic E-state index is 10.8. The van der Waals surface area contributed by atoms with Crippen molar-refractivity contribution in [2.45, 2.75) is 83.5 Å². The maximum Gasteiger partial charge on any atom is 0.169 e. The van der Waals surface area contributed by atoms with Crippen molar-refractivity contribution in [1.29, 1.82) is 0 Å². The summed E-state index contributed by atoms with van der Waals surface area (Å²) in [5.74, 6) is 1.59. The Morgan fingerprint density at radius 2 is 1.93 bits per heavy atom. The number of allylic oxidation sites excluding steroid dienone is 3. The number of ether oxygens (including phenoxy) is 2. The van der Waals surface area contributed by atoms with Gasteiger partial charge in [0.15, 0.2) is 5.79 Å². The smallest absolute Gasteiger partial charge is 0.169 e. The largest absolute Gasteiger partial charge is 0.393 e. The third kappa shape index (κ3) is 2.57. The standard InChI is InChI=1S/C24H36O3/c1-4-5-16-14-23(3)18(6-7-20(23)25)17-8-10-22(2)15-24(26-12-13-27-24)11-9-19(22)21(16)17/h4,16-18,20,25H,1,5-15H2,2-3H3/t16-,17?,18?,20-,22-,23-/m0/s1. The Morgan fingerprint density at radius 1 is 1.15 bits per heavy atom. The van der Waals surface area contributed by atoms with E-state index in [0.29, 0.717) is 17.8 Å². The molecule has 4 aliphatic carbocycles. The summed E-state index contributed by atoms with van der Waals surface area (Å²) < 4.78 is 12.2. The molecule has 2 unspecified atom stereocenters.